The SMILES string of the molecule is CC(C)CS(=O)(=O)N1CCCC2(CC(C(=O)NCc3cccnc3)=NO2)C1. The third-order valence-corrected chi connectivity index (χ3v) is 6.91. The van der Waals surface area contributed by atoms with Crippen LogP contribution in [0.4, 0.5) is 0 Å². The fourth-order valence-electron chi connectivity index (χ4n) is 3.47. The van der Waals surface area contributed by atoms with Crippen molar-refractivity contribution in [2.75, 3.05) is 18.8 Å². The van der Waals surface area contributed by atoms with Gasteiger partial charge >= 0.3 is 0 Å². The van der Waals surface area contributed by atoms with Crippen molar-refractivity contribution >= 4 is 21.6 Å². The molecule has 148 valence electrons. The molecule has 0 aliphatic carbocycles. The lowest BCUT2D eigenvalue weighted by atomic mass is 9.89. The van der Waals surface area contributed by atoms with Crippen molar-refractivity contribution in [2.24, 2.45) is 11.1 Å². The number of nitrogens with one attached hydrogen (secondary N) is 1. The average Bonchev–Trinajstić information content (AvgIpc) is 3.03. The first-order valence-electron chi connectivity index (χ1n) is 9.20. The van der Waals surface area contributed by atoms with E-state index < -0.39 is 15.6 Å². The maximum Gasteiger partial charge on any atom is 0.269 e. The van der Waals surface area contributed by atoms with E-state index in [1.165, 1.54) is 4.31 Å². The van der Waals surface area contributed by atoms with Crippen LogP contribution < -0.4 is 5.32 Å². The Kier molecular flexibility index (Phi) is 5.81. The normalized spacial score (nSPS) is 23.3. The van der Waals surface area contributed by atoms with Gasteiger partial charge in [-0.25, -0.2) is 8.42 Å². The molecule has 0 radical (unpaired) electrons. The first-order chi connectivity index (χ1) is 12.8. The Bertz CT molecular complexity index is 810. The summed E-state index contributed by atoms with van der Waals surface area (Å²) in [5, 5.41) is 6.78. The van der Waals surface area contributed by atoms with Gasteiger partial charge in [-0.2, -0.15) is 4.31 Å². The van der Waals surface area contributed by atoms with Crippen LogP contribution in [0.15, 0.2) is 29.7 Å². The number of aromatic nitrogens is 1. The molecule has 1 spiro atoms. The van der Waals surface area contributed by atoms with Crippen LogP contribution in [0.3, 0.4) is 0 Å². The predicted molar refractivity (Wildman–Crippen MR) is 101 cm³/mol. The summed E-state index contributed by atoms with van der Waals surface area (Å²) in [5.74, 6) is -0.122. The number of sulfonamides is 1. The van der Waals surface area contributed by atoms with Crippen molar-refractivity contribution in [3.63, 3.8) is 0 Å². The van der Waals surface area contributed by atoms with E-state index in [0.717, 1.165) is 5.56 Å². The Hall–Kier alpha value is -2.00. The van der Waals surface area contributed by atoms with Crippen molar-refractivity contribution in [1.82, 2.24) is 14.6 Å². The number of hydrogen-bond donors (Lipinski definition) is 1. The van der Waals surface area contributed by atoms with Gasteiger partial charge in [-0.3, -0.25) is 9.78 Å². The molecule has 9 heteroatoms. The Labute approximate surface area is 160 Å². The molecule has 1 fully saturated rings. The van der Waals surface area contributed by atoms with E-state index >= 15 is 0 Å². The Morgan fingerprint density at radius 3 is 2.96 bits per heavy atom. The number of hydrogen-bond acceptors (Lipinski definition) is 6. The molecule has 1 aromatic rings. The van der Waals surface area contributed by atoms with E-state index in [4.69, 9.17) is 4.84 Å². The van der Waals surface area contributed by atoms with Crippen molar-refractivity contribution in [3.8, 4) is 0 Å². The summed E-state index contributed by atoms with van der Waals surface area (Å²) >= 11 is 0. The first-order valence-corrected chi connectivity index (χ1v) is 10.8. The third-order valence-electron chi connectivity index (χ3n) is 4.72. The number of amides is 1. The lowest BCUT2D eigenvalue weighted by Crippen LogP contribution is -2.51. The van der Waals surface area contributed by atoms with Crippen LogP contribution >= 0.6 is 0 Å². The molecule has 2 aliphatic heterocycles. The second-order valence-corrected chi connectivity index (χ2v) is 9.66. The molecule has 27 heavy (non-hydrogen) atoms. The maximum absolute atomic E-state index is 12.6. The Morgan fingerprint density at radius 2 is 2.26 bits per heavy atom. The molecule has 1 amide bonds. The fraction of sp³-hybridized carbons (Fsp3) is 0.611. The number of oxime groups is 1. The maximum atomic E-state index is 12.6. The van der Waals surface area contributed by atoms with Gasteiger partial charge in [0.25, 0.3) is 5.91 Å². The molecule has 1 atom stereocenters. The van der Waals surface area contributed by atoms with Gasteiger partial charge in [0.05, 0.1) is 12.3 Å². The summed E-state index contributed by atoms with van der Waals surface area (Å²) in [6.07, 6.45) is 5.06. The summed E-state index contributed by atoms with van der Waals surface area (Å²) in [6.45, 7) is 4.86. The van der Waals surface area contributed by atoms with Crippen molar-refractivity contribution < 1.29 is 18.0 Å². The molecule has 1 saturated heterocycles. The van der Waals surface area contributed by atoms with E-state index in [-0.39, 0.29) is 24.1 Å². The zero-order valence-corrected chi connectivity index (χ0v) is 16.5. The van der Waals surface area contributed by atoms with Crippen LogP contribution in [0, 0.1) is 5.92 Å². The van der Waals surface area contributed by atoms with Crippen LogP contribution in [-0.4, -0.2) is 53.8 Å². The molecule has 2 aliphatic rings. The number of carbonyl (C=O) groups excluding carboxylic acids is 1. The van der Waals surface area contributed by atoms with Crippen LogP contribution in [-0.2, 0) is 26.2 Å². The van der Waals surface area contributed by atoms with Gasteiger partial charge in [-0.05, 0) is 30.4 Å². The van der Waals surface area contributed by atoms with Crippen molar-refractivity contribution in [1.29, 1.82) is 0 Å². The number of pyridine rings is 1. The lowest BCUT2D eigenvalue weighted by molar-refractivity contribution is -0.115. The highest BCUT2D eigenvalue weighted by Gasteiger charge is 2.47. The third kappa shape index (κ3) is 4.84. The standard InChI is InChI=1S/C18H26N4O4S/c1-14(2)12-27(24,25)22-8-4-6-18(13-22)9-16(21-26-18)17(23)20-11-15-5-3-7-19-10-15/h3,5,7,10,14H,4,6,8-9,11-13H2,1-2H3,(H,20,23). The van der Waals surface area contributed by atoms with Gasteiger partial charge in [0, 0.05) is 31.9 Å². The first kappa shape index (κ1) is 19.8. The van der Waals surface area contributed by atoms with Crippen LogP contribution in [0.1, 0.15) is 38.7 Å². The molecular formula is C18H26N4O4S. The Balaban J connectivity index is 1.59. The molecule has 0 bridgehead atoms. The van der Waals surface area contributed by atoms with Crippen molar-refractivity contribution in [3.05, 3.63) is 30.1 Å². The van der Waals surface area contributed by atoms with Crippen LogP contribution in [0.2, 0.25) is 0 Å². The number of rotatable bonds is 6. The molecule has 3 rings (SSSR count). The van der Waals surface area contributed by atoms with E-state index in [1.807, 2.05) is 19.9 Å². The highest BCUT2D eigenvalue weighted by Crippen LogP contribution is 2.34. The van der Waals surface area contributed by atoms with Crippen molar-refractivity contribution in [2.45, 2.75) is 45.3 Å². The second kappa shape index (κ2) is 7.93. The minimum absolute atomic E-state index is 0.0578. The molecule has 8 nitrogen and oxygen atoms in total. The molecular weight excluding hydrogens is 368 g/mol. The van der Waals surface area contributed by atoms with E-state index in [1.54, 1.807) is 18.5 Å². The summed E-state index contributed by atoms with van der Waals surface area (Å²) in [4.78, 5) is 22.0. The number of nitrogens with zero attached hydrogens (tertiary/aromatic N) is 3. The predicted octanol–water partition coefficient (Wildman–Crippen LogP) is 1.29. The van der Waals surface area contributed by atoms with E-state index in [9.17, 15) is 13.2 Å². The number of piperidine rings is 1. The molecule has 0 saturated carbocycles. The number of carbonyl (C=O) groups is 1. The van der Waals surface area contributed by atoms with Gasteiger partial charge in [0.2, 0.25) is 10.0 Å². The largest absolute Gasteiger partial charge is 0.387 e. The van der Waals surface area contributed by atoms with E-state index in [2.05, 4.69) is 15.5 Å². The van der Waals surface area contributed by atoms with Gasteiger partial charge in [0.15, 0.2) is 5.60 Å². The summed E-state index contributed by atoms with van der Waals surface area (Å²) in [5.41, 5.74) is 0.467. The molecule has 3 heterocycles. The second-order valence-electron chi connectivity index (χ2n) is 7.64. The monoisotopic (exact) mass is 394 g/mol. The topological polar surface area (TPSA) is 101 Å². The molecule has 1 unspecified atom stereocenters. The molecule has 1 N–H and O–H groups in total. The zero-order chi connectivity index (χ0) is 19.5. The minimum atomic E-state index is -3.34. The summed E-state index contributed by atoms with van der Waals surface area (Å²) in [7, 11) is -3.34. The highest BCUT2D eigenvalue weighted by atomic mass is 32.2. The van der Waals surface area contributed by atoms with Gasteiger partial charge < -0.3 is 10.2 Å². The summed E-state index contributed by atoms with van der Waals surface area (Å²) in [6, 6.07) is 3.68. The fourth-order valence-corrected chi connectivity index (χ4v) is 5.36. The molecule has 1 aromatic heterocycles. The van der Waals surface area contributed by atoms with Gasteiger partial charge in [0.1, 0.15) is 5.71 Å². The molecule has 0 aromatic carbocycles. The minimum Gasteiger partial charge on any atom is -0.387 e. The van der Waals surface area contributed by atoms with Crippen LogP contribution in [0.5, 0.6) is 0 Å². The zero-order valence-electron chi connectivity index (χ0n) is 15.7. The Morgan fingerprint density at radius 1 is 1.44 bits per heavy atom. The lowest BCUT2D eigenvalue weighted by Gasteiger charge is -2.37. The van der Waals surface area contributed by atoms with E-state index in [0.29, 0.717) is 38.1 Å². The average molecular weight is 394 g/mol. The van der Waals surface area contributed by atoms with Gasteiger partial charge in [-0.15, -0.1) is 0 Å². The van der Waals surface area contributed by atoms with Gasteiger partial charge in [-0.1, -0.05) is 25.1 Å². The highest BCUT2D eigenvalue weighted by molar-refractivity contribution is 7.89. The smallest absolute Gasteiger partial charge is 0.269 e. The quantitative estimate of drug-likeness (QED) is 0.784. The summed E-state index contributed by atoms with van der Waals surface area (Å²) < 4.78 is 26.6. The van der Waals surface area contributed by atoms with Crippen LogP contribution in [0.25, 0.3) is 0 Å².